The van der Waals surface area contributed by atoms with Crippen molar-refractivity contribution < 1.29 is 14.3 Å². The first kappa shape index (κ1) is 16.5. The Balaban J connectivity index is 1.85. The molecule has 8 heteroatoms. The molecular formula is C16H14ClN3O3S. The quantitative estimate of drug-likeness (QED) is 0.675. The maximum atomic E-state index is 11.3. The molecule has 0 radical (unpaired) electrons. The molecule has 6 nitrogen and oxygen atoms in total. The number of hydrogen-bond acceptors (Lipinski definition) is 7. The van der Waals surface area contributed by atoms with E-state index >= 15 is 0 Å². The molecule has 0 atom stereocenters. The van der Waals surface area contributed by atoms with Gasteiger partial charge in [0, 0.05) is 28.0 Å². The minimum Gasteiger partial charge on any atom is -0.481 e. The third kappa shape index (κ3) is 3.58. The second-order valence-corrected chi connectivity index (χ2v) is 6.22. The van der Waals surface area contributed by atoms with Crippen molar-refractivity contribution in [2.45, 2.75) is 6.54 Å². The molecule has 0 spiro atoms. The number of benzene rings is 2. The summed E-state index contributed by atoms with van der Waals surface area (Å²) in [5.41, 5.74) is 1.62. The monoisotopic (exact) mass is 363 g/mol. The number of carbonyl (C=O) groups excluding carboxylic acids is 1. The predicted molar refractivity (Wildman–Crippen MR) is 93.7 cm³/mol. The smallest absolute Gasteiger partial charge is 0.343 e. The molecule has 124 valence electrons. The molecular weight excluding hydrogens is 350 g/mol. The van der Waals surface area contributed by atoms with Gasteiger partial charge in [-0.05, 0) is 12.1 Å². The van der Waals surface area contributed by atoms with Gasteiger partial charge in [0.2, 0.25) is 0 Å². The molecule has 0 saturated carbocycles. The van der Waals surface area contributed by atoms with Crippen molar-refractivity contribution in [3.63, 3.8) is 0 Å². The first-order valence-electron chi connectivity index (χ1n) is 7.11. The first-order chi connectivity index (χ1) is 11.7. The van der Waals surface area contributed by atoms with E-state index in [1.54, 1.807) is 0 Å². The van der Waals surface area contributed by atoms with Gasteiger partial charge in [0.05, 0.1) is 13.7 Å². The number of esters is 1. The zero-order chi connectivity index (χ0) is 16.9. The summed E-state index contributed by atoms with van der Waals surface area (Å²) in [5.74, 6) is 0.196. The predicted octanol–water partition coefficient (Wildman–Crippen LogP) is 3.51. The van der Waals surface area contributed by atoms with E-state index in [0.29, 0.717) is 22.3 Å². The largest absolute Gasteiger partial charge is 0.481 e. The Hall–Kier alpha value is -2.38. The van der Waals surface area contributed by atoms with Gasteiger partial charge in [-0.1, -0.05) is 40.4 Å². The summed E-state index contributed by atoms with van der Waals surface area (Å²) < 4.78 is 14.5. The van der Waals surface area contributed by atoms with Crippen LogP contribution in [0.5, 0.6) is 5.75 Å². The summed E-state index contributed by atoms with van der Waals surface area (Å²) >= 11 is 7.18. The van der Waals surface area contributed by atoms with Crippen LogP contribution >= 0.6 is 23.1 Å². The van der Waals surface area contributed by atoms with Gasteiger partial charge < -0.3 is 14.8 Å². The lowest BCUT2D eigenvalue weighted by Crippen LogP contribution is -2.12. The van der Waals surface area contributed by atoms with Crippen molar-refractivity contribution >= 4 is 45.6 Å². The van der Waals surface area contributed by atoms with Gasteiger partial charge in [-0.3, -0.25) is 0 Å². The lowest BCUT2D eigenvalue weighted by atomic mass is 10.1. The van der Waals surface area contributed by atoms with Crippen molar-refractivity contribution in [1.82, 2.24) is 9.59 Å². The fourth-order valence-corrected chi connectivity index (χ4v) is 2.86. The molecule has 0 saturated heterocycles. The lowest BCUT2D eigenvalue weighted by Gasteiger charge is -2.13. The van der Waals surface area contributed by atoms with E-state index in [0.717, 1.165) is 28.0 Å². The van der Waals surface area contributed by atoms with Gasteiger partial charge >= 0.3 is 5.97 Å². The molecule has 1 aromatic heterocycles. The molecule has 2 aromatic carbocycles. The molecule has 3 rings (SSSR count). The van der Waals surface area contributed by atoms with Crippen LogP contribution < -0.4 is 10.1 Å². The molecule has 0 aliphatic rings. The molecule has 0 bridgehead atoms. The SMILES string of the molecule is COC(=O)COc1ccc(NCc2nnsc2Cl)c2ccccc12. The molecule has 1 N–H and O–H groups in total. The van der Waals surface area contributed by atoms with Crippen LogP contribution in [0.3, 0.4) is 0 Å². The number of aromatic nitrogens is 2. The molecule has 0 unspecified atom stereocenters. The Morgan fingerprint density at radius 2 is 2.04 bits per heavy atom. The van der Waals surface area contributed by atoms with E-state index in [1.807, 2.05) is 36.4 Å². The zero-order valence-electron chi connectivity index (χ0n) is 12.8. The number of nitrogens with one attached hydrogen (secondary N) is 1. The molecule has 0 fully saturated rings. The highest BCUT2D eigenvalue weighted by Crippen LogP contribution is 2.32. The number of rotatable bonds is 6. The number of nitrogens with zero attached hydrogens (tertiary/aromatic N) is 2. The molecule has 3 aromatic rings. The van der Waals surface area contributed by atoms with E-state index in [9.17, 15) is 4.79 Å². The van der Waals surface area contributed by atoms with Crippen LogP contribution in [-0.4, -0.2) is 29.3 Å². The Labute approximate surface area is 147 Å². The lowest BCUT2D eigenvalue weighted by molar-refractivity contribution is -0.142. The van der Waals surface area contributed by atoms with Crippen LogP contribution in [0.15, 0.2) is 36.4 Å². The number of carbonyl (C=O) groups is 1. The van der Waals surface area contributed by atoms with Gasteiger partial charge in [0.1, 0.15) is 15.8 Å². The van der Waals surface area contributed by atoms with Crippen molar-refractivity contribution in [2.24, 2.45) is 0 Å². The minimum absolute atomic E-state index is 0.132. The highest BCUT2D eigenvalue weighted by molar-refractivity contribution is 7.10. The maximum absolute atomic E-state index is 11.3. The van der Waals surface area contributed by atoms with Crippen LogP contribution in [0.1, 0.15) is 5.69 Å². The summed E-state index contributed by atoms with van der Waals surface area (Å²) in [6.45, 7) is 0.342. The molecule has 0 amide bonds. The Bertz CT molecular complexity index is 869. The van der Waals surface area contributed by atoms with Gasteiger partial charge in [0.15, 0.2) is 6.61 Å². The standard InChI is InChI=1S/C16H14ClN3O3S/c1-22-15(21)9-23-14-7-6-12(10-4-2-3-5-11(10)14)18-8-13-16(17)24-20-19-13/h2-7,18H,8-9H2,1H3. The second kappa shape index (κ2) is 7.46. The Morgan fingerprint density at radius 3 is 2.75 bits per heavy atom. The number of ether oxygens (including phenoxy) is 2. The number of anilines is 1. The number of methoxy groups -OCH3 is 1. The minimum atomic E-state index is -0.424. The number of halogens is 1. The van der Waals surface area contributed by atoms with Crippen LogP contribution in [-0.2, 0) is 16.1 Å². The van der Waals surface area contributed by atoms with Crippen LogP contribution in [0.4, 0.5) is 5.69 Å². The third-order valence-corrected chi connectivity index (χ3v) is 4.40. The summed E-state index contributed by atoms with van der Waals surface area (Å²) in [4.78, 5) is 11.3. The highest BCUT2D eigenvalue weighted by atomic mass is 35.5. The van der Waals surface area contributed by atoms with Gasteiger partial charge in [-0.2, -0.15) is 0 Å². The Morgan fingerprint density at radius 1 is 1.25 bits per heavy atom. The fraction of sp³-hybridized carbons (Fsp3) is 0.188. The Kier molecular flexibility index (Phi) is 5.12. The second-order valence-electron chi connectivity index (χ2n) is 4.87. The maximum Gasteiger partial charge on any atom is 0.343 e. The van der Waals surface area contributed by atoms with Gasteiger partial charge in [0.25, 0.3) is 0 Å². The molecule has 24 heavy (non-hydrogen) atoms. The van der Waals surface area contributed by atoms with Crippen LogP contribution in [0.25, 0.3) is 10.8 Å². The van der Waals surface area contributed by atoms with E-state index in [1.165, 1.54) is 7.11 Å². The first-order valence-corrected chi connectivity index (χ1v) is 8.26. The van der Waals surface area contributed by atoms with Crippen molar-refractivity contribution in [3.05, 3.63) is 46.4 Å². The van der Waals surface area contributed by atoms with Crippen LogP contribution in [0, 0.1) is 0 Å². The average Bonchev–Trinajstić information content (AvgIpc) is 3.03. The highest BCUT2D eigenvalue weighted by Gasteiger charge is 2.10. The number of hydrogen-bond donors (Lipinski definition) is 1. The third-order valence-electron chi connectivity index (χ3n) is 3.41. The van der Waals surface area contributed by atoms with E-state index < -0.39 is 5.97 Å². The summed E-state index contributed by atoms with van der Waals surface area (Å²) in [5, 5.41) is 9.16. The van der Waals surface area contributed by atoms with Crippen molar-refractivity contribution in [2.75, 3.05) is 19.0 Å². The molecule has 1 heterocycles. The number of fused-ring (bicyclic) bond motifs is 1. The van der Waals surface area contributed by atoms with E-state index in [4.69, 9.17) is 16.3 Å². The zero-order valence-corrected chi connectivity index (χ0v) is 14.4. The van der Waals surface area contributed by atoms with Crippen LogP contribution in [0.2, 0.25) is 4.34 Å². The van der Waals surface area contributed by atoms with Crippen molar-refractivity contribution in [1.29, 1.82) is 0 Å². The summed E-state index contributed by atoms with van der Waals surface area (Å²) in [6, 6.07) is 11.5. The molecule has 0 aliphatic carbocycles. The van der Waals surface area contributed by atoms with E-state index in [-0.39, 0.29) is 6.61 Å². The fourth-order valence-electron chi connectivity index (χ4n) is 2.23. The average molecular weight is 364 g/mol. The van der Waals surface area contributed by atoms with Gasteiger partial charge in [-0.15, -0.1) is 5.10 Å². The summed E-state index contributed by atoms with van der Waals surface area (Å²) in [6.07, 6.45) is 0. The normalized spacial score (nSPS) is 10.6. The summed E-state index contributed by atoms with van der Waals surface area (Å²) in [7, 11) is 1.33. The van der Waals surface area contributed by atoms with Gasteiger partial charge in [-0.25, -0.2) is 4.79 Å². The van der Waals surface area contributed by atoms with E-state index in [2.05, 4.69) is 19.6 Å². The molecule has 0 aliphatic heterocycles. The van der Waals surface area contributed by atoms with Crippen molar-refractivity contribution in [3.8, 4) is 5.75 Å². The topological polar surface area (TPSA) is 73.3 Å².